The van der Waals surface area contributed by atoms with Crippen molar-refractivity contribution >= 4 is 11.8 Å². The summed E-state index contributed by atoms with van der Waals surface area (Å²) >= 11 is 0. The van der Waals surface area contributed by atoms with E-state index in [-0.39, 0.29) is 12.5 Å². The second kappa shape index (κ2) is 5.57. The molecule has 0 aliphatic carbocycles. The summed E-state index contributed by atoms with van der Waals surface area (Å²) in [7, 11) is 0. The van der Waals surface area contributed by atoms with Gasteiger partial charge in [-0.05, 0) is 13.3 Å². The predicted molar refractivity (Wildman–Crippen MR) is 46.4 cm³/mol. The van der Waals surface area contributed by atoms with E-state index < -0.39 is 5.91 Å². The number of likely N-dealkylation sites (N-methyl/N-ethyl adjacent to an activating group) is 1. The lowest BCUT2D eigenvalue weighted by molar-refractivity contribution is -0.135. The maximum atomic E-state index is 11.2. The van der Waals surface area contributed by atoms with Gasteiger partial charge in [0.15, 0.2) is 0 Å². The molecule has 0 saturated heterocycles. The van der Waals surface area contributed by atoms with Crippen molar-refractivity contribution in [1.82, 2.24) is 4.90 Å². The lowest BCUT2D eigenvalue weighted by atomic mass is 10.3. The summed E-state index contributed by atoms with van der Waals surface area (Å²) in [6.45, 7) is 4.34. The second-order valence-corrected chi connectivity index (χ2v) is 2.62. The summed E-state index contributed by atoms with van der Waals surface area (Å²) in [4.78, 5) is 23.2. The van der Waals surface area contributed by atoms with E-state index in [1.54, 1.807) is 0 Å². The summed E-state index contributed by atoms with van der Waals surface area (Å²) < 4.78 is 0. The fourth-order valence-electron chi connectivity index (χ4n) is 0.936. The first kappa shape index (κ1) is 10.9. The van der Waals surface area contributed by atoms with Gasteiger partial charge in [-0.2, -0.15) is 0 Å². The van der Waals surface area contributed by atoms with Gasteiger partial charge in [0, 0.05) is 13.0 Å². The Bertz CT molecular complexity index is 168. The lowest BCUT2D eigenvalue weighted by Crippen LogP contribution is -2.38. The number of hydrogen-bond acceptors (Lipinski definition) is 2. The van der Waals surface area contributed by atoms with Gasteiger partial charge < -0.3 is 10.6 Å². The predicted octanol–water partition coefficient (Wildman–Crippen LogP) is 0.120. The number of nitrogens with two attached hydrogens (primary N) is 1. The van der Waals surface area contributed by atoms with Crippen molar-refractivity contribution in [2.24, 2.45) is 5.73 Å². The molecule has 0 spiro atoms. The molecule has 0 atom stereocenters. The molecule has 12 heavy (non-hydrogen) atoms. The van der Waals surface area contributed by atoms with Crippen LogP contribution >= 0.6 is 0 Å². The SMILES string of the molecule is CCCC(=O)N(CC)CC(N)=O. The Hall–Kier alpha value is -1.06. The highest BCUT2D eigenvalue weighted by atomic mass is 16.2. The van der Waals surface area contributed by atoms with Crippen LogP contribution in [0.1, 0.15) is 26.7 Å². The Morgan fingerprint density at radius 3 is 2.25 bits per heavy atom. The molecule has 0 bridgehead atoms. The smallest absolute Gasteiger partial charge is 0.237 e. The van der Waals surface area contributed by atoms with Crippen LogP contribution in [0.5, 0.6) is 0 Å². The van der Waals surface area contributed by atoms with Crippen LogP contribution in [0, 0.1) is 0 Å². The molecule has 70 valence electrons. The minimum atomic E-state index is -0.457. The first-order valence-electron chi connectivity index (χ1n) is 4.17. The van der Waals surface area contributed by atoms with E-state index in [4.69, 9.17) is 5.73 Å². The molecule has 0 aromatic carbocycles. The lowest BCUT2D eigenvalue weighted by Gasteiger charge is -2.18. The van der Waals surface area contributed by atoms with E-state index in [0.717, 1.165) is 6.42 Å². The van der Waals surface area contributed by atoms with Crippen molar-refractivity contribution in [3.8, 4) is 0 Å². The third-order valence-electron chi connectivity index (χ3n) is 1.54. The quantitative estimate of drug-likeness (QED) is 0.640. The molecule has 0 aromatic heterocycles. The summed E-state index contributed by atoms with van der Waals surface area (Å²) in [5.74, 6) is -0.458. The number of carbonyl (C=O) groups excluding carboxylic acids is 2. The zero-order valence-electron chi connectivity index (χ0n) is 7.67. The Morgan fingerprint density at radius 1 is 1.33 bits per heavy atom. The fraction of sp³-hybridized carbons (Fsp3) is 0.750. The average molecular weight is 172 g/mol. The monoisotopic (exact) mass is 172 g/mol. The Kier molecular flexibility index (Phi) is 5.08. The summed E-state index contributed by atoms with van der Waals surface area (Å²) in [5, 5.41) is 0. The molecule has 0 heterocycles. The number of nitrogens with zero attached hydrogens (tertiary/aromatic N) is 1. The van der Waals surface area contributed by atoms with Crippen molar-refractivity contribution in [2.45, 2.75) is 26.7 Å². The van der Waals surface area contributed by atoms with Crippen molar-refractivity contribution in [3.63, 3.8) is 0 Å². The highest BCUT2D eigenvalue weighted by molar-refractivity contribution is 5.83. The molecule has 0 aliphatic heterocycles. The molecule has 0 fully saturated rings. The first-order chi connectivity index (χ1) is 5.61. The molecule has 4 heteroatoms. The van der Waals surface area contributed by atoms with Gasteiger partial charge in [0.2, 0.25) is 11.8 Å². The van der Waals surface area contributed by atoms with Gasteiger partial charge in [-0.1, -0.05) is 6.92 Å². The van der Waals surface area contributed by atoms with Crippen LogP contribution in [0.25, 0.3) is 0 Å². The topological polar surface area (TPSA) is 63.4 Å². The molecule has 0 rings (SSSR count). The normalized spacial score (nSPS) is 9.50. The number of hydrogen-bond donors (Lipinski definition) is 1. The molecule has 0 aromatic rings. The van der Waals surface area contributed by atoms with Crippen LogP contribution in [0.4, 0.5) is 0 Å². The van der Waals surface area contributed by atoms with Crippen LogP contribution in [0.3, 0.4) is 0 Å². The van der Waals surface area contributed by atoms with Crippen LogP contribution < -0.4 is 5.73 Å². The molecule has 2 N–H and O–H groups in total. The second-order valence-electron chi connectivity index (χ2n) is 2.62. The van der Waals surface area contributed by atoms with Gasteiger partial charge in [-0.15, -0.1) is 0 Å². The maximum Gasteiger partial charge on any atom is 0.237 e. The van der Waals surface area contributed by atoms with E-state index in [1.165, 1.54) is 4.90 Å². The molecule has 0 aliphatic rings. The average Bonchev–Trinajstić information content (AvgIpc) is 2.00. The molecule has 2 amide bonds. The molecule has 0 radical (unpaired) electrons. The number of carbonyl (C=O) groups is 2. The summed E-state index contributed by atoms with van der Waals surface area (Å²) in [6.07, 6.45) is 1.29. The standard InChI is InChI=1S/C8H16N2O2/c1-3-5-8(12)10(4-2)6-7(9)11/h3-6H2,1-2H3,(H2,9,11). The van der Waals surface area contributed by atoms with Crippen LogP contribution in [0.2, 0.25) is 0 Å². The Morgan fingerprint density at radius 2 is 1.92 bits per heavy atom. The van der Waals surface area contributed by atoms with Gasteiger partial charge in [0.25, 0.3) is 0 Å². The van der Waals surface area contributed by atoms with E-state index in [0.29, 0.717) is 13.0 Å². The van der Waals surface area contributed by atoms with Crippen molar-refractivity contribution in [1.29, 1.82) is 0 Å². The summed E-state index contributed by atoms with van der Waals surface area (Å²) in [5.41, 5.74) is 4.97. The first-order valence-corrected chi connectivity index (χ1v) is 4.17. The van der Waals surface area contributed by atoms with Gasteiger partial charge >= 0.3 is 0 Å². The van der Waals surface area contributed by atoms with E-state index >= 15 is 0 Å². The zero-order chi connectivity index (χ0) is 9.56. The van der Waals surface area contributed by atoms with E-state index in [2.05, 4.69) is 0 Å². The van der Waals surface area contributed by atoms with Gasteiger partial charge in [0.05, 0.1) is 6.54 Å². The van der Waals surface area contributed by atoms with Gasteiger partial charge in [-0.3, -0.25) is 9.59 Å². The van der Waals surface area contributed by atoms with Crippen LogP contribution in [-0.2, 0) is 9.59 Å². The van der Waals surface area contributed by atoms with Crippen LogP contribution in [0.15, 0.2) is 0 Å². The number of amides is 2. The molecule has 0 saturated carbocycles. The van der Waals surface area contributed by atoms with Crippen LogP contribution in [-0.4, -0.2) is 29.8 Å². The highest BCUT2D eigenvalue weighted by Crippen LogP contribution is 1.96. The maximum absolute atomic E-state index is 11.2. The number of rotatable bonds is 5. The molecular weight excluding hydrogens is 156 g/mol. The minimum Gasteiger partial charge on any atom is -0.368 e. The molecular formula is C8H16N2O2. The van der Waals surface area contributed by atoms with E-state index in [1.807, 2.05) is 13.8 Å². The van der Waals surface area contributed by atoms with Gasteiger partial charge in [-0.25, -0.2) is 0 Å². The minimum absolute atomic E-state index is 0.00111. The molecule has 0 unspecified atom stereocenters. The third-order valence-corrected chi connectivity index (χ3v) is 1.54. The fourth-order valence-corrected chi connectivity index (χ4v) is 0.936. The highest BCUT2D eigenvalue weighted by Gasteiger charge is 2.11. The third kappa shape index (κ3) is 3.95. The number of primary amides is 1. The van der Waals surface area contributed by atoms with Crippen molar-refractivity contribution < 1.29 is 9.59 Å². The van der Waals surface area contributed by atoms with Gasteiger partial charge in [0.1, 0.15) is 0 Å². The Balaban J connectivity index is 3.96. The Labute approximate surface area is 72.7 Å². The molecule has 4 nitrogen and oxygen atoms in total. The van der Waals surface area contributed by atoms with E-state index in [9.17, 15) is 9.59 Å². The van der Waals surface area contributed by atoms with Crippen molar-refractivity contribution in [2.75, 3.05) is 13.1 Å². The largest absolute Gasteiger partial charge is 0.368 e. The zero-order valence-corrected chi connectivity index (χ0v) is 7.67. The summed E-state index contributed by atoms with van der Waals surface area (Å²) in [6, 6.07) is 0. The van der Waals surface area contributed by atoms with Crippen molar-refractivity contribution in [3.05, 3.63) is 0 Å².